The summed E-state index contributed by atoms with van der Waals surface area (Å²) in [6.45, 7) is 1.78. The Morgan fingerprint density at radius 1 is 1.62 bits per heavy atom. The summed E-state index contributed by atoms with van der Waals surface area (Å²) in [6.07, 6.45) is -0.900. The minimum atomic E-state index is -0.900. The fourth-order valence-electron chi connectivity index (χ4n) is 1.19. The second kappa shape index (κ2) is 4.05. The lowest BCUT2D eigenvalue weighted by Gasteiger charge is -2.13. The molecule has 0 saturated carbocycles. The highest BCUT2D eigenvalue weighted by Gasteiger charge is 2.15. The molecule has 0 aliphatic rings. The molecule has 0 radical (unpaired) electrons. The first-order valence-corrected chi connectivity index (χ1v) is 4.28. The average Bonchev–Trinajstić information content (AvgIpc) is 2.12. The molecule has 13 heavy (non-hydrogen) atoms. The van der Waals surface area contributed by atoms with Crippen LogP contribution in [0.15, 0.2) is 12.1 Å². The smallest absolute Gasteiger partial charge is 0.142 e. The molecule has 72 valence electrons. The summed E-state index contributed by atoms with van der Waals surface area (Å²) in [5.41, 5.74) is 6.38. The number of hydrogen-bond acceptors (Lipinski definition) is 2. The van der Waals surface area contributed by atoms with Crippen molar-refractivity contribution in [2.45, 2.75) is 13.0 Å². The highest BCUT2D eigenvalue weighted by Crippen LogP contribution is 2.28. The van der Waals surface area contributed by atoms with E-state index in [0.717, 1.165) is 5.56 Å². The Balaban J connectivity index is 3.25. The van der Waals surface area contributed by atoms with Gasteiger partial charge in [-0.3, -0.25) is 0 Å². The molecule has 0 saturated heterocycles. The fourth-order valence-corrected chi connectivity index (χ4v) is 1.53. The van der Waals surface area contributed by atoms with Gasteiger partial charge >= 0.3 is 0 Å². The van der Waals surface area contributed by atoms with Gasteiger partial charge < -0.3 is 10.8 Å². The van der Waals surface area contributed by atoms with Gasteiger partial charge in [-0.15, -0.1) is 0 Å². The number of benzene rings is 1. The lowest BCUT2D eigenvalue weighted by Crippen LogP contribution is -2.13. The first kappa shape index (κ1) is 10.4. The highest BCUT2D eigenvalue weighted by atomic mass is 35.5. The van der Waals surface area contributed by atoms with Crippen LogP contribution in [0, 0.1) is 12.7 Å². The summed E-state index contributed by atoms with van der Waals surface area (Å²) in [5, 5.41) is 9.40. The largest absolute Gasteiger partial charge is 0.387 e. The summed E-state index contributed by atoms with van der Waals surface area (Å²) in [5.74, 6) is -0.533. The lowest BCUT2D eigenvalue weighted by atomic mass is 10.0. The second-order valence-corrected chi connectivity index (χ2v) is 3.22. The minimum Gasteiger partial charge on any atom is -0.387 e. The first-order valence-electron chi connectivity index (χ1n) is 3.90. The lowest BCUT2D eigenvalue weighted by molar-refractivity contribution is 0.185. The average molecular weight is 204 g/mol. The number of aryl methyl sites for hydroxylation is 1. The van der Waals surface area contributed by atoms with Gasteiger partial charge in [-0.1, -0.05) is 17.7 Å². The molecule has 0 aromatic heterocycles. The van der Waals surface area contributed by atoms with Gasteiger partial charge in [0.25, 0.3) is 0 Å². The third-order valence-electron chi connectivity index (χ3n) is 1.91. The first-order chi connectivity index (χ1) is 6.07. The van der Waals surface area contributed by atoms with Crippen molar-refractivity contribution in [3.63, 3.8) is 0 Å². The monoisotopic (exact) mass is 203 g/mol. The second-order valence-electron chi connectivity index (χ2n) is 2.84. The van der Waals surface area contributed by atoms with Crippen molar-refractivity contribution in [1.82, 2.24) is 0 Å². The van der Waals surface area contributed by atoms with Crippen LogP contribution in [0.4, 0.5) is 4.39 Å². The maximum Gasteiger partial charge on any atom is 0.142 e. The van der Waals surface area contributed by atoms with Crippen LogP contribution in [-0.4, -0.2) is 11.7 Å². The molecule has 0 amide bonds. The van der Waals surface area contributed by atoms with Crippen LogP contribution in [0.3, 0.4) is 0 Å². The van der Waals surface area contributed by atoms with Gasteiger partial charge in [0.1, 0.15) is 5.82 Å². The Hall–Kier alpha value is -0.640. The minimum absolute atomic E-state index is 0.0318. The van der Waals surface area contributed by atoms with E-state index in [2.05, 4.69) is 0 Å². The Morgan fingerprint density at radius 2 is 2.23 bits per heavy atom. The number of aliphatic hydroxyl groups excluding tert-OH is 1. The van der Waals surface area contributed by atoms with Crippen LogP contribution in [0.2, 0.25) is 5.02 Å². The Labute approximate surface area is 81.1 Å². The molecule has 0 spiro atoms. The molecule has 0 heterocycles. The molecular formula is C9H11ClFNO. The van der Waals surface area contributed by atoms with Crippen molar-refractivity contribution >= 4 is 11.6 Å². The molecule has 0 fully saturated rings. The third kappa shape index (κ3) is 1.99. The van der Waals surface area contributed by atoms with Gasteiger partial charge in [0.05, 0.1) is 11.1 Å². The molecule has 0 bridgehead atoms. The predicted molar refractivity (Wildman–Crippen MR) is 50.2 cm³/mol. The zero-order valence-corrected chi connectivity index (χ0v) is 7.98. The van der Waals surface area contributed by atoms with E-state index < -0.39 is 11.9 Å². The molecule has 2 nitrogen and oxygen atoms in total. The van der Waals surface area contributed by atoms with Crippen molar-refractivity contribution < 1.29 is 9.50 Å². The highest BCUT2D eigenvalue weighted by molar-refractivity contribution is 6.31. The molecule has 1 rings (SSSR count). The molecule has 1 atom stereocenters. The van der Waals surface area contributed by atoms with E-state index in [0.29, 0.717) is 5.56 Å². The summed E-state index contributed by atoms with van der Waals surface area (Å²) >= 11 is 5.68. The summed E-state index contributed by atoms with van der Waals surface area (Å²) in [4.78, 5) is 0. The normalized spacial score (nSPS) is 13.0. The SMILES string of the molecule is Cc1ccc(F)c(Cl)c1C(O)CN. The number of aliphatic hydroxyl groups is 1. The number of halogens is 2. The number of rotatable bonds is 2. The van der Waals surface area contributed by atoms with Crippen LogP contribution >= 0.6 is 11.6 Å². The zero-order chi connectivity index (χ0) is 10.0. The summed E-state index contributed by atoms with van der Waals surface area (Å²) in [6, 6.07) is 2.83. The summed E-state index contributed by atoms with van der Waals surface area (Å²) < 4.78 is 13.0. The van der Waals surface area contributed by atoms with E-state index in [1.54, 1.807) is 13.0 Å². The van der Waals surface area contributed by atoms with E-state index in [1.165, 1.54) is 6.07 Å². The van der Waals surface area contributed by atoms with Crippen LogP contribution in [0.5, 0.6) is 0 Å². The fraction of sp³-hybridized carbons (Fsp3) is 0.333. The standard InChI is InChI=1S/C9H11ClFNO/c1-5-2-3-6(11)9(10)8(5)7(13)4-12/h2-3,7,13H,4,12H2,1H3. The predicted octanol–water partition coefficient (Wildman–Crippen LogP) is 1.78. The van der Waals surface area contributed by atoms with E-state index in [9.17, 15) is 9.50 Å². The maximum atomic E-state index is 13.0. The van der Waals surface area contributed by atoms with Crippen LogP contribution in [0.1, 0.15) is 17.2 Å². The van der Waals surface area contributed by atoms with Crippen LogP contribution in [-0.2, 0) is 0 Å². The Bertz CT molecular complexity index is 317. The molecule has 1 aromatic rings. The maximum absolute atomic E-state index is 13.0. The van der Waals surface area contributed by atoms with Gasteiger partial charge in [0, 0.05) is 12.1 Å². The molecule has 0 aliphatic carbocycles. The van der Waals surface area contributed by atoms with Gasteiger partial charge in [-0.25, -0.2) is 4.39 Å². The van der Waals surface area contributed by atoms with E-state index >= 15 is 0 Å². The van der Waals surface area contributed by atoms with Crippen LogP contribution < -0.4 is 5.73 Å². The van der Waals surface area contributed by atoms with Crippen molar-refractivity contribution in [2.75, 3.05) is 6.54 Å². The van der Waals surface area contributed by atoms with Crippen molar-refractivity contribution in [2.24, 2.45) is 5.73 Å². The number of nitrogens with two attached hydrogens (primary N) is 1. The number of hydrogen-bond donors (Lipinski definition) is 2. The van der Waals surface area contributed by atoms with Crippen molar-refractivity contribution in [3.8, 4) is 0 Å². The molecule has 3 N–H and O–H groups in total. The van der Waals surface area contributed by atoms with E-state index in [1.807, 2.05) is 0 Å². The van der Waals surface area contributed by atoms with E-state index in [-0.39, 0.29) is 11.6 Å². The van der Waals surface area contributed by atoms with Gasteiger partial charge in [-0.2, -0.15) is 0 Å². The van der Waals surface area contributed by atoms with Gasteiger partial charge in [0.2, 0.25) is 0 Å². The van der Waals surface area contributed by atoms with Crippen molar-refractivity contribution in [3.05, 3.63) is 34.1 Å². The quantitative estimate of drug-likeness (QED) is 0.770. The molecule has 4 heteroatoms. The Kier molecular flexibility index (Phi) is 3.25. The van der Waals surface area contributed by atoms with E-state index in [4.69, 9.17) is 17.3 Å². The molecule has 1 unspecified atom stereocenters. The van der Waals surface area contributed by atoms with Crippen molar-refractivity contribution in [1.29, 1.82) is 0 Å². The third-order valence-corrected chi connectivity index (χ3v) is 2.29. The molecule has 1 aromatic carbocycles. The summed E-state index contributed by atoms with van der Waals surface area (Å²) in [7, 11) is 0. The molecular weight excluding hydrogens is 193 g/mol. The van der Waals surface area contributed by atoms with Gasteiger partial charge in [0.15, 0.2) is 0 Å². The molecule has 0 aliphatic heterocycles. The van der Waals surface area contributed by atoms with Gasteiger partial charge in [-0.05, 0) is 18.6 Å². The topological polar surface area (TPSA) is 46.2 Å². The Morgan fingerprint density at radius 3 is 2.77 bits per heavy atom. The van der Waals surface area contributed by atoms with Crippen LogP contribution in [0.25, 0.3) is 0 Å². The zero-order valence-electron chi connectivity index (χ0n) is 7.22.